The lowest BCUT2D eigenvalue weighted by Gasteiger charge is -2.15. The summed E-state index contributed by atoms with van der Waals surface area (Å²) in [5, 5.41) is 23.0. The second-order valence-corrected chi connectivity index (χ2v) is 6.37. The zero-order valence-electron chi connectivity index (χ0n) is 14.5. The number of carboxylic acid groups (broad SMARTS) is 1. The van der Waals surface area contributed by atoms with Crippen molar-refractivity contribution in [2.75, 3.05) is 0 Å². The number of rotatable bonds is 7. The molecular formula is C19H21N5O2. The first kappa shape index (κ1) is 17.8. The average Bonchev–Trinajstić information content (AvgIpc) is 3.20. The molecule has 0 bridgehead atoms. The third kappa shape index (κ3) is 3.94. The van der Waals surface area contributed by atoms with Gasteiger partial charge in [-0.3, -0.25) is 4.79 Å². The number of aliphatic carboxylic acids is 1. The zero-order valence-corrected chi connectivity index (χ0v) is 14.5. The molecule has 0 aliphatic heterocycles. The molecule has 3 aromatic rings. The molecule has 1 unspecified atom stereocenters. The Bertz CT molecular complexity index is 862. The Morgan fingerprint density at radius 2 is 1.85 bits per heavy atom. The van der Waals surface area contributed by atoms with Crippen LogP contribution in [0.15, 0.2) is 48.5 Å². The van der Waals surface area contributed by atoms with E-state index >= 15 is 0 Å². The summed E-state index contributed by atoms with van der Waals surface area (Å²) in [6.07, 6.45) is 1.52. The van der Waals surface area contributed by atoms with E-state index < -0.39 is 12.0 Å². The molecule has 2 aromatic carbocycles. The molecule has 7 nitrogen and oxygen atoms in total. The predicted molar refractivity (Wildman–Crippen MR) is 98.1 cm³/mol. The number of benzene rings is 2. The molecule has 1 heterocycles. The van der Waals surface area contributed by atoms with Crippen molar-refractivity contribution in [3.8, 4) is 22.5 Å². The molecule has 2 atom stereocenters. The number of nitrogens with zero attached hydrogens (tertiary/aromatic N) is 3. The van der Waals surface area contributed by atoms with Crippen LogP contribution < -0.4 is 5.73 Å². The van der Waals surface area contributed by atoms with Crippen LogP contribution in [0.25, 0.3) is 22.5 Å². The Morgan fingerprint density at radius 1 is 1.15 bits per heavy atom. The van der Waals surface area contributed by atoms with Gasteiger partial charge in [0, 0.05) is 5.56 Å². The lowest BCUT2D eigenvalue weighted by atomic mass is 9.93. The van der Waals surface area contributed by atoms with Gasteiger partial charge in [-0.05, 0) is 45.9 Å². The quantitative estimate of drug-likeness (QED) is 0.602. The molecule has 134 valence electrons. The Hall–Kier alpha value is -3.06. The highest BCUT2D eigenvalue weighted by atomic mass is 16.4. The standard InChI is InChI=1S/C19H21N5O2/c1-12(17(20)19(25)26)6-7-13-8-10-14(11-9-13)15-4-2-3-5-16(15)18-21-23-24-22-18/h2-5,8-12,17H,6-7,20H2,1H3,(H,25,26)(H,21,22,23,24)/t12?,17-/m0/s1. The van der Waals surface area contributed by atoms with Crippen molar-refractivity contribution in [3.63, 3.8) is 0 Å². The van der Waals surface area contributed by atoms with Gasteiger partial charge in [-0.1, -0.05) is 55.5 Å². The number of nitrogens with two attached hydrogens (primary N) is 1. The molecule has 0 fully saturated rings. The lowest BCUT2D eigenvalue weighted by molar-refractivity contribution is -0.139. The second kappa shape index (κ2) is 7.88. The minimum absolute atomic E-state index is 0.0770. The number of tetrazole rings is 1. The van der Waals surface area contributed by atoms with Crippen molar-refractivity contribution in [2.45, 2.75) is 25.8 Å². The van der Waals surface area contributed by atoms with Crippen molar-refractivity contribution >= 4 is 5.97 Å². The number of carbonyl (C=O) groups is 1. The first-order chi connectivity index (χ1) is 12.6. The first-order valence-electron chi connectivity index (χ1n) is 8.47. The molecule has 0 aliphatic rings. The summed E-state index contributed by atoms with van der Waals surface area (Å²) in [5.74, 6) is -0.403. The summed E-state index contributed by atoms with van der Waals surface area (Å²) in [6, 6.07) is 15.3. The fourth-order valence-electron chi connectivity index (χ4n) is 2.88. The number of hydrogen-bond acceptors (Lipinski definition) is 5. The number of aromatic nitrogens is 4. The maximum Gasteiger partial charge on any atom is 0.320 e. The second-order valence-electron chi connectivity index (χ2n) is 6.37. The summed E-state index contributed by atoms with van der Waals surface area (Å²) in [5.41, 5.74) is 9.86. The topological polar surface area (TPSA) is 118 Å². The van der Waals surface area contributed by atoms with E-state index in [2.05, 4.69) is 44.9 Å². The maximum atomic E-state index is 10.9. The van der Waals surface area contributed by atoms with Crippen molar-refractivity contribution < 1.29 is 9.90 Å². The highest BCUT2D eigenvalue weighted by molar-refractivity contribution is 5.80. The van der Waals surface area contributed by atoms with Gasteiger partial charge < -0.3 is 10.8 Å². The van der Waals surface area contributed by atoms with Gasteiger partial charge in [-0.2, -0.15) is 0 Å². The number of nitrogens with one attached hydrogen (secondary N) is 1. The van der Waals surface area contributed by atoms with Crippen LogP contribution in [0.3, 0.4) is 0 Å². The number of carboxylic acids is 1. The van der Waals surface area contributed by atoms with E-state index in [4.69, 9.17) is 10.8 Å². The Labute approximate surface area is 151 Å². The number of aromatic amines is 1. The van der Waals surface area contributed by atoms with Crippen molar-refractivity contribution in [1.82, 2.24) is 20.6 Å². The van der Waals surface area contributed by atoms with Gasteiger partial charge in [0.2, 0.25) is 0 Å². The predicted octanol–water partition coefficient (Wildman–Crippen LogP) is 2.51. The molecule has 0 amide bonds. The summed E-state index contributed by atoms with van der Waals surface area (Å²) < 4.78 is 0. The fraction of sp³-hybridized carbons (Fsp3) is 0.263. The van der Waals surface area contributed by atoms with Crippen LogP contribution in [0, 0.1) is 5.92 Å². The van der Waals surface area contributed by atoms with Gasteiger partial charge >= 0.3 is 5.97 Å². The molecule has 3 rings (SSSR count). The zero-order chi connectivity index (χ0) is 18.5. The van der Waals surface area contributed by atoms with Gasteiger partial charge in [-0.15, -0.1) is 5.10 Å². The summed E-state index contributed by atoms with van der Waals surface area (Å²) >= 11 is 0. The van der Waals surface area contributed by atoms with Crippen molar-refractivity contribution in [2.24, 2.45) is 11.7 Å². The lowest BCUT2D eigenvalue weighted by Crippen LogP contribution is -2.36. The minimum atomic E-state index is -0.952. The van der Waals surface area contributed by atoms with Crippen LogP contribution in [0.5, 0.6) is 0 Å². The van der Waals surface area contributed by atoms with Crippen molar-refractivity contribution in [1.29, 1.82) is 0 Å². The molecule has 0 aliphatic carbocycles. The molecule has 0 radical (unpaired) electrons. The monoisotopic (exact) mass is 351 g/mol. The molecule has 0 spiro atoms. The van der Waals surface area contributed by atoms with Gasteiger partial charge in [-0.25, -0.2) is 5.10 Å². The SMILES string of the molecule is CC(CCc1ccc(-c2ccccc2-c2nnn[nH]2)cc1)[C@H](N)C(=O)O. The largest absolute Gasteiger partial charge is 0.480 e. The maximum absolute atomic E-state index is 10.9. The fourth-order valence-corrected chi connectivity index (χ4v) is 2.88. The number of hydrogen-bond donors (Lipinski definition) is 3. The van der Waals surface area contributed by atoms with Crippen LogP contribution in [-0.4, -0.2) is 37.7 Å². The average molecular weight is 351 g/mol. The van der Waals surface area contributed by atoms with Gasteiger partial charge in [0.25, 0.3) is 0 Å². The molecule has 7 heteroatoms. The molecule has 1 aromatic heterocycles. The van der Waals surface area contributed by atoms with Crippen molar-refractivity contribution in [3.05, 3.63) is 54.1 Å². The van der Waals surface area contributed by atoms with Gasteiger partial charge in [0.1, 0.15) is 6.04 Å². The van der Waals surface area contributed by atoms with Crippen LogP contribution in [0.1, 0.15) is 18.9 Å². The minimum Gasteiger partial charge on any atom is -0.480 e. The molecule has 0 saturated carbocycles. The Kier molecular flexibility index (Phi) is 5.38. The van der Waals surface area contributed by atoms with Crippen LogP contribution in [-0.2, 0) is 11.2 Å². The van der Waals surface area contributed by atoms with E-state index in [1.54, 1.807) is 0 Å². The molecule has 26 heavy (non-hydrogen) atoms. The van der Waals surface area contributed by atoms with Gasteiger partial charge in [0.05, 0.1) is 0 Å². The van der Waals surface area contributed by atoms with E-state index in [0.29, 0.717) is 5.82 Å². The van der Waals surface area contributed by atoms with Gasteiger partial charge in [0.15, 0.2) is 5.82 Å². The smallest absolute Gasteiger partial charge is 0.320 e. The Morgan fingerprint density at radius 3 is 2.46 bits per heavy atom. The summed E-state index contributed by atoms with van der Waals surface area (Å²) in [4.78, 5) is 10.9. The normalized spacial score (nSPS) is 13.3. The van der Waals surface area contributed by atoms with Crippen LogP contribution in [0.4, 0.5) is 0 Å². The molecule has 4 N–H and O–H groups in total. The van der Waals surface area contributed by atoms with Crippen LogP contribution in [0.2, 0.25) is 0 Å². The number of H-pyrrole nitrogens is 1. The third-order valence-corrected chi connectivity index (χ3v) is 4.58. The van der Waals surface area contributed by atoms with E-state index in [1.807, 2.05) is 31.2 Å². The van der Waals surface area contributed by atoms with E-state index in [1.165, 1.54) is 0 Å². The van der Waals surface area contributed by atoms with E-state index in [9.17, 15) is 4.79 Å². The summed E-state index contributed by atoms with van der Waals surface area (Å²) in [7, 11) is 0. The Balaban J connectivity index is 1.74. The van der Waals surface area contributed by atoms with Crippen LogP contribution >= 0.6 is 0 Å². The van der Waals surface area contributed by atoms with E-state index in [0.717, 1.165) is 35.1 Å². The van der Waals surface area contributed by atoms with E-state index in [-0.39, 0.29) is 5.92 Å². The highest BCUT2D eigenvalue weighted by Gasteiger charge is 2.19. The highest BCUT2D eigenvalue weighted by Crippen LogP contribution is 2.29. The first-order valence-corrected chi connectivity index (χ1v) is 8.47. The third-order valence-electron chi connectivity index (χ3n) is 4.58. The summed E-state index contributed by atoms with van der Waals surface area (Å²) in [6.45, 7) is 1.87. The number of aryl methyl sites for hydroxylation is 1. The molecule has 0 saturated heterocycles. The molecular weight excluding hydrogens is 330 g/mol.